The Morgan fingerprint density at radius 2 is 1.94 bits per heavy atom. The molecule has 3 aromatic carbocycles. The van der Waals surface area contributed by atoms with E-state index in [1.807, 2.05) is 42.5 Å². The zero-order valence-electron chi connectivity index (χ0n) is 18.5. The molecule has 0 spiro atoms. The number of amidine groups is 1. The Kier molecular flexibility index (Phi) is 7.54. The van der Waals surface area contributed by atoms with E-state index < -0.39 is 22.8 Å². The van der Waals surface area contributed by atoms with Gasteiger partial charge in [-0.1, -0.05) is 48.2 Å². The molecule has 4 rings (SSSR count). The maximum atomic E-state index is 13.9. The zero-order chi connectivity index (χ0) is 24.1. The smallest absolute Gasteiger partial charge is 0.242 e. The molecule has 176 valence electrons. The third-order valence-electron chi connectivity index (χ3n) is 5.31. The van der Waals surface area contributed by atoms with Gasteiger partial charge in [0.25, 0.3) is 0 Å². The Bertz CT molecular complexity index is 1250. The summed E-state index contributed by atoms with van der Waals surface area (Å²) in [6.07, 6.45) is 0.437. The largest absolute Gasteiger partial charge is 0.385 e. The quantitative estimate of drug-likeness (QED) is 0.452. The molecule has 3 aromatic rings. The van der Waals surface area contributed by atoms with Crippen molar-refractivity contribution in [2.75, 3.05) is 25.6 Å². The number of hydrogen-bond donors (Lipinski definition) is 1. The number of hydrogen-bond acceptors (Lipinski definition) is 5. The first-order chi connectivity index (χ1) is 16.5. The summed E-state index contributed by atoms with van der Waals surface area (Å²) in [6.45, 7) is 0.874. The summed E-state index contributed by atoms with van der Waals surface area (Å²) in [5.41, 5.74) is 0.590. The predicted molar refractivity (Wildman–Crippen MR) is 130 cm³/mol. The molecule has 1 fully saturated rings. The number of rotatable bonds is 8. The second kappa shape index (κ2) is 10.8. The summed E-state index contributed by atoms with van der Waals surface area (Å²) in [7, 11) is 1.59. The minimum Gasteiger partial charge on any atom is -0.385 e. The van der Waals surface area contributed by atoms with Crippen LogP contribution in [0.3, 0.4) is 0 Å². The highest BCUT2D eigenvalue weighted by Crippen LogP contribution is 2.34. The molecule has 1 N–H and O–H groups in total. The lowest BCUT2D eigenvalue weighted by Crippen LogP contribution is -2.34. The highest BCUT2D eigenvalue weighted by atomic mass is 32.2. The Balaban J connectivity index is 1.56. The van der Waals surface area contributed by atoms with E-state index in [1.54, 1.807) is 12.0 Å². The Hall–Kier alpha value is -3.30. The number of aliphatic imine (C=N–C) groups is 1. The average molecular weight is 484 g/mol. The number of carbonyl (C=O) groups excluding carboxylic acids is 2. The fourth-order valence-electron chi connectivity index (χ4n) is 3.67. The molecule has 1 heterocycles. The number of benzene rings is 3. The number of amides is 2. The van der Waals surface area contributed by atoms with Gasteiger partial charge in [-0.3, -0.25) is 14.5 Å². The van der Waals surface area contributed by atoms with Crippen molar-refractivity contribution in [3.63, 3.8) is 0 Å². The van der Waals surface area contributed by atoms with Gasteiger partial charge >= 0.3 is 0 Å². The van der Waals surface area contributed by atoms with Crippen LogP contribution in [0.1, 0.15) is 12.8 Å². The highest BCUT2D eigenvalue weighted by molar-refractivity contribution is 8.15. The lowest BCUT2D eigenvalue weighted by Gasteiger charge is -2.16. The van der Waals surface area contributed by atoms with E-state index in [-0.39, 0.29) is 18.0 Å². The van der Waals surface area contributed by atoms with Crippen LogP contribution in [0.4, 0.5) is 20.2 Å². The summed E-state index contributed by atoms with van der Waals surface area (Å²) >= 11 is 1.20. The number of carbonyl (C=O) groups is 2. The van der Waals surface area contributed by atoms with Crippen molar-refractivity contribution in [1.29, 1.82) is 0 Å². The van der Waals surface area contributed by atoms with Gasteiger partial charge in [-0.25, -0.2) is 13.8 Å². The van der Waals surface area contributed by atoms with Crippen LogP contribution in [0.15, 0.2) is 65.7 Å². The molecule has 0 saturated carbocycles. The molecule has 1 unspecified atom stereocenters. The molecule has 2 amide bonds. The molecule has 1 aliphatic heterocycles. The van der Waals surface area contributed by atoms with Crippen molar-refractivity contribution < 1.29 is 23.1 Å². The summed E-state index contributed by atoms with van der Waals surface area (Å²) < 4.78 is 32.1. The molecule has 0 aliphatic carbocycles. The molecular weight excluding hydrogens is 460 g/mol. The molecule has 0 radical (unpaired) electrons. The van der Waals surface area contributed by atoms with E-state index in [9.17, 15) is 18.4 Å². The van der Waals surface area contributed by atoms with E-state index in [2.05, 4.69) is 5.32 Å². The number of fused-ring (bicyclic) bond motifs is 1. The van der Waals surface area contributed by atoms with Crippen molar-refractivity contribution in [2.24, 2.45) is 4.99 Å². The molecule has 1 atom stereocenters. The van der Waals surface area contributed by atoms with E-state index in [0.717, 1.165) is 28.6 Å². The molecule has 6 nitrogen and oxygen atoms in total. The monoisotopic (exact) mass is 483 g/mol. The van der Waals surface area contributed by atoms with Gasteiger partial charge < -0.3 is 10.1 Å². The number of nitrogens with one attached hydrogen (secondary N) is 1. The predicted octanol–water partition coefficient (Wildman–Crippen LogP) is 5.11. The van der Waals surface area contributed by atoms with Crippen molar-refractivity contribution in [3.05, 3.63) is 72.3 Å². The van der Waals surface area contributed by atoms with Gasteiger partial charge in [0, 0.05) is 38.1 Å². The Labute approximate surface area is 200 Å². The number of thioether (sulfide) groups is 1. The van der Waals surface area contributed by atoms with Gasteiger partial charge in [-0.2, -0.15) is 0 Å². The van der Waals surface area contributed by atoms with E-state index in [1.165, 1.54) is 11.8 Å². The van der Waals surface area contributed by atoms with Gasteiger partial charge in [0.2, 0.25) is 11.8 Å². The van der Waals surface area contributed by atoms with Crippen LogP contribution in [0.25, 0.3) is 10.8 Å². The van der Waals surface area contributed by atoms with Crippen LogP contribution >= 0.6 is 11.8 Å². The maximum Gasteiger partial charge on any atom is 0.242 e. The average Bonchev–Trinajstić information content (AvgIpc) is 3.10. The second-order valence-electron chi connectivity index (χ2n) is 7.71. The number of nitrogens with zero attached hydrogens (tertiary/aromatic N) is 2. The van der Waals surface area contributed by atoms with Crippen molar-refractivity contribution in [3.8, 4) is 0 Å². The second-order valence-corrected chi connectivity index (χ2v) is 8.88. The fraction of sp³-hybridized carbons (Fsp3) is 0.240. The van der Waals surface area contributed by atoms with E-state index in [0.29, 0.717) is 30.8 Å². The lowest BCUT2D eigenvalue weighted by molar-refractivity contribution is -0.128. The van der Waals surface area contributed by atoms with Crippen molar-refractivity contribution >= 4 is 50.9 Å². The lowest BCUT2D eigenvalue weighted by atomic mass is 10.1. The molecule has 1 aliphatic rings. The molecular formula is C25H23F2N3O3S. The Morgan fingerprint density at radius 3 is 2.74 bits per heavy atom. The summed E-state index contributed by atoms with van der Waals surface area (Å²) in [5.74, 6) is -2.40. The summed E-state index contributed by atoms with van der Waals surface area (Å²) in [4.78, 5) is 32.0. The summed E-state index contributed by atoms with van der Waals surface area (Å²) in [6, 6.07) is 16.5. The summed E-state index contributed by atoms with van der Waals surface area (Å²) in [5, 5.41) is 4.19. The third-order valence-corrected chi connectivity index (χ3v) is 6.48. The van der Waals surface area contributed by atoms with E-state index in [4.69, 9.17) is 9.73 Å². The van der Waals surface area contributed by atoms with Crippen LogP contribution in [0.5, 0.6) is 0 Å². The van der Waals surface area contributed by atoms with Crippen LogP contribution in [-0.4, -0.2) is 47.4 Å². The van der Waals surface area contributed by atoms with Crippen LogP contribution < -0.4 is 5.32 Å². The number of methoxy groups -OCH3 is 1. The molecule has 9 heteroatoms. The molecule has 0 bridgehead atoms. The topological polar surface area (TPSA) is 71.0 Å². The number of ether oxygens (including phenoxy) is 1. The van der Waals surface area contributed by atoms with Gasteiger partial charge in [0.15, 0.2) is 5.17 Å². The normalized spacial score (nSPS) is 17.0. The fourth-order valence-corrected chi connectivity index (χ4v) is 4.84. The minimum atomic E-state index is -0.877. The van der Waals surface area contributed by atoms with Gasteiger partial charge in [-0.15, -0.1) is 0 Å². The van der Waals surface area contributed by atoms with Crippen LogP contribution in [0.2, 0.25) is 0 Å². The van der Waals surface area contributed by atoms with Crippen LogP contribution in [0, 0.1) is 11.6 Å². The molecule has 1 saturated heterocycles. The highest BCUT2D eigenvalue weighted by Gasteiger charge is 2.39. The number of halogens is 2. The first-order valence-electron chi connectivity index (χ1n) is 10.7. The Morgan fingerprint density at radius 1 is 1.15 bits per heavy atom. The molecule has 34 heavy (non-hydrogen) atoms. The standard InChI is InChI=1S/C25H23F2N3O3S/c1-33-13-5-12-30-24(32)22(15-23(31)28-21-11-10-17(26)14-19(21)27)34-25(30)29-20-9-4-7-16-6-2-3-8-18(16)20/h2-4,6-11,14,22H,5,12-13,15H2,1H3,(H,28,31). The van der Waals surface area contributed by atoms with Gasteiger partial charge in [-0.05, 0) is 30.0 Å². The maximum absolute atomic E-state index is 13.9. The minimum absolute atomic E-state index is 0.136. The van der Waals surface area contributed by atoms with Crippen molar-refractivity contribution in [2.45, 2.75) is 18.1 Å². The van der Waals surface area contributed by atoms with Gasteiger partial charge in [0.05, 0.1) is 11.4 Å². The zero-order valence-corrected chi connectivity index (χ0v) is 19.3. The first-order valence-corrected chi connectivity index (χ1v) is 11.6. The van der Waals surface area contributed by atoms with Gasteiger partial charge in [0.1, 0.15) is 16.9 Å². The number of anilines is 1. The first kappa shape index (κ1) is 23.8. The van der Waals surface area contributed by atoms with E-state index >= 15 is 0 Å². The van der Waals surface area contributed by atoms with Crippen molar-refractivity contribution in [1.82, 2.24) is 4.90 Å². The van der Waals surface area contributed by atoms with Crippen LogP contribution in [-0.2, 0) is 14.3 Å². The third kappa shape index (κ3) is 5.43. The SMILES string of the molecule is COCCCN1C(=O)C(CC(=O)Nc2ccc(F)cc2F)SC1=Nc1cccc2ccccc12. The molecule has 0 aromatic heterocycles.